The van der Waals surface area contributed by atoms with Gasteiger partial charge < -0.3 is 0 Å². The maximum absolute atomic E-state index is 13.1. The van der Waals surface area contributed by atoms with Crippen LogP contribution in [0.5, 0.6) is 0 Å². The monoisotopic (exact) mass is 237 g/mol. The number of rotatable bonds is 1. The van der Waals surface area contributed by atoms with Crippen LogP contribution in [-0.4, -0.2) is 10.3 Å². The lowest BCUT2D eigenvalue weighted by Crippen LogP contribution is -2.55. The molecule has 0 amide bonds. The molecule has 1 aromatic rings. The molecule has 0 nitrogen and oxygen atoms in total. The van der Waals surface area contributed by atoms with E-state index in [1.54, 1.807) is 30.3 Å². The average Bonchev–Trinajstić information content (AvgIpc) is 2.18. The van der Waals surface area contributed by atoms with Gasteiger partial charge in [0, 0.05) is 13.7 Å². The third kappa shape index (κ3) is 1.32. The summed E-state index contributed by atoms with van der Waals surface area (Å²) in [6, 6.07) is 8.26. The average molecular weight is 238 g/mol. The first kappa shape index (κ1) is 8.93. The van der Waals surface area contributed by atoms with Crippen LogP contribution in [0.1, 0.15) is 19.2 Å². The van der Waals surface area contributed by atoms with Crippen LogP contribution in [0.25, 0.3) is 0 Å². The molecule has 0 spiro atoms. The minimum absolute atomic E-state index is 0.418. The predicted octanol–water partition coefficient (Wildman–Crippen LogP) is 3.98. The summed E-state index contributed by atoms with van der Waals surface area (Å²) >= 11 is 11.1. The minimum Gasteiger partial charge on any atom is -0.203 e. The van der Waals surface area contributed by atoms with Crippen LogP contribution in [0, 0.1) is 0 Å². The zero-order chi connectivity index (χ0) is 11.3. The van der Waals surface area contributed by atoms with E-state index in [0.717, 1.165) is 0 Å². The molecule has 1 aliphatic rings. The summed E-state index contributed by atoms with van der Waals surface area (Å²) < 4.78 is 31.8. The molecule has 0 bridgehead atoms. The van der Waals surface area contributed by atoms with Crippen LogP contribution in [0.2, 0.25) is 0 Å². The number of alkyl halides is 4. The minimum atomic E-state index is -3.20. The molecule has 0 N–H and O–H groups in total. The Labute approximate surface area is 92.2 Å². The fraction of sp³-hybridized carbons (Fsp3) is 0.400. The molecule has 2 rings (SSSR count). The van der Waals surface area contributed by atoms with Crippen LogP contribution in [-0.2, 0) is 0 Å². The van der Waals surface area contributed by atoms with Crippen LogP contribution in [0.4, 0.5) is 8.78 Å². The van der Waals surface area contributed by atoms with E-state index in [9.17, 15) is 8.78 Å². The Hall–Kier alpha value is -0.340. The lowest BCUT2D eigenvalue weighted by Gasteiger charge is -2.47. The highest BCUT2D eigenvalue weighted by molar-refractivity contribution is 6.50. The van der Waals surface area contributed by atoms with Gasteiger partial charge in [-0.2, -0.15) is 0 Å². The molecule has 1 fully saturated rings. The topological polar surface area (TPSA) is 0 Å². The molecule has 0 aliphatic heterocycles. The summed E-state index contributed by atoms with van der Waals surface area (Å²) in [6.07, 6.45) is -0.642. The molecule has 1 saturated carbocycles. The molecule has 1 aromatic carbocycles. The zero-order valence-corrected chi connectivity index (χ0v) is 8.62. The molecule has 76 valence electrons. The van der Waals surface area contributed by atoms with Crippen LogP contribution in [0.3, 0.4) is 0 Å². The Balaban J connectivity index is 2.40. The van der Waals surface area contributed by atoms with Gasteiger partial charge >= 0.3 is 0 Å². The second-order valence-electron chi connectivity index (χ2n) is 3.30. The molecule has 0 heterocycles. The van der Waals surface area contributed by atoms with Crippen molar-refractivity contribution in [3.8, 4) is 0 Å². The standard InChI is InChI=1S/C10H8Cl2F2/c11-10(12)8(6-9(10,13)14)7-4-2-1-3-5-7/h1-5,8H,6H2/i8D. The van der Waals surface area contributed by atoms with E-state index in [1.807, 2.05) is 0 Å². The molecule has 4 heteroatoms. The Bertz CT molecular complexity index is 380. The highest BCUT2D eigenvalue weighted by atomic mass is 35.5. The quantitative estimate of drug-likeness (QED) is 0.649. The second-order valence-corrected chi connectivity index (χ2v) is 4.63. The van der Waals surface area contributed by atoms with Crippen molar-refractivity contribution >= 4 is 23.2 Å². The SMILES string of the molecule is [2H]C1(c2ccccc2)CC(F)(F)C1(Cl)Cl. The van der Waals surface area contributed by atoms with E-state index in [1.165, 1.54) is 0 Å². The first-order chi connectivity index (χ1) is 6.81. The van der Waals surface area contributed by atoms with Crippen molar-refractivity contribution in [1.29, 1.82) is 0 Å². The summed E-state index contributed by atoms with van der Waals surface area (Å²) in [7, 11) is 0. The summed E-state index contributed by atoms with van der Waals surface area (Å²) in [5.41, 5.74) is 0.418. The molecular weight excluding hydrogens is 229 g/mol. The van der Waals surface area contributed by atoms with Gasteiger partial charge in [-0.3, -0.25) is 0 Å². The largest absolute Gasteiger partial charge is 0.281 e. The summed E-state index contributed by atoms with van der Waals surface area (Å²) in [6.45, 7) is 0. The number of halogens is 4. The van der Waals surface area contributed by atoms with Gasteiger partial charge in [0.1, 0.15) is 0 Å². The van der Waals surface area contributed by atoms with Crippen molar-refractivity contribution in [3.63, 3.8) is 0 Å². The number of hydrogen-bond donors (Lipinski definition) is 0. The highest BCUT2D eigenvalue weighted by Gasteiger charge is 2.67. The third-order valence-corrected chi connectivity index (χ3v) is 3.37. The summed E-state index contributed by atoms with van der Waals surface area (Å²) in [4.78, 5) is 0. The van der Waals surface area contributed by atoms with Gasteiger partial charge in [-0.15, -0.1) is 0 Å². The smallest absolute Gasteiger partial charge is 0.203 e. The predicted molar refractivity (Wildman–Crippen MR) is 53.2 cm³/mol. The Kier molecular flexibility index (Phi) is 1.96. The van der Waals surface area contributed by atoms with Gasteiger partial charge in [-0.1, -0.05) is 53.5 Å². The van der Waals surface area contributed by atoms with Crippen molar-refractivity contribution in [3.05, 3.63) is 35.9 Å². The van der Waals surface area contributed by atoms with Crippen molar-refractivity contribution in [2.24, 2.45) is 0 Å². The van der Waals surface area contributed by atoms with Gasteiger partial charge in [-0.25, -0.2) is 8.78 Å². The Morgan fingerprint density at radius 2 is 1.86 bits per heavy atom. The number of hydrogen-bond acceptors (Lipinski definition) is 0. The molecule has 14 heavy (non-hydrogen) atoms. The van der Waals surface area contributed by atoms with Crippen LogP contribution < -0.4 is 0 Å². The van der Waals surface area contributed by atoms with Gasteiger partial charge in [0.2, 0.25) is 0 Å². The molecule has 0 saturated heterocycles. The van der Waals surface area contributed by atoms with E-state index in [0.29, 0.717) is 5.56 Å². The first-order valence-corrected chi connectivity index (χ1v) is 4.88. The van der Waals surface area contributed by atoms with Gasteiger partial charge in [0.25, 0.3) is 5.92 Å². The van der Waals surface area contributed by atoms with Crippen molar-refractivity contribution in [2.75, 3.05) is 0 Å². The van der Waals surface area contributed by atoms with Crippen molar-refractivity contribution < 1.29 is 10.2 Å². The van der Waals surface area contributed by atoms with E-state index >= 15 is 0 Å². The third-order valence-electron chi connectivity index (χ3n) is 2.36. The van der Waals surface area contributed by atoms with Gasteiger partial charge in [0.05, 0.1) is 0 Å². The summed E-state index contributed by atoms with van der Waals surface area (Å²) in [5.74, 6) is -4.82. The van der Waals surface area contributed by atoms with Gasteiger partial charge in [-0.05, 0) is 5.56 Å². The molecule has 1 aliphatic carbocycles. The summed E-state index contributed by atoms with van der Waals surface area (Å²) in [5, 5.41) is 0. The highest BCUT2D eigenvalue weighted by Crippen LogP contribution is 2.62. The molecule has 0 radical (unpaired) electrons. The van der Waals surface area contributed by atoms with Crippen LogP contribution in [0.15, 0.2) is 30.3 Å². The lowest BCUT2D eigenvalue weighted by atomic mass is 9.75. The maximum Gasteiger partial charge on any atom is 0.281 e. The maximum atomic E-state index is 13.1. The van der Waals surface area contributed by atoms with Crippen LogP contribution >= 0.6 is 23.2 Å². The normalized spacial score (nSPS) is 34.4. The van der Waals surface area contributed by atoms with E-state index in [2.05, 4.69) is 0 Å². The number of benzene rings is 1. The van der Waals surface area contributed by atoms with E-state index in [-0.39, 0.29) is 0 Å². The van der Waals surface area contributed by atoms with Gasteiger partial charge in [0.15, 0.2) is 4.33 Å². The molecule has 0 aromatic heterocycles. The molecular formula is C10H8Cl2F2. The molecule has 1 atom stereocenters. The fourth-order valence-corrected chi connectivity index (χ4v) is 1.97. The van der Waals surface area contributed by atoms with E-state index in [4.69, 9.17) is 24.6 Å². The fourth-order valence-electron chi connectivity index (χ4n) is 1.48. The molecule has 1 unspecified atom stereocenters. The second kappa shape index (κ2) is 3.07. The van der Waals surface area contributed by atoms with Crippen molar-refractivity contribution in [2.45, 2.75) is 22.6 Å². The Morgan fingerprint density at radius 1 is 1.29 bits per heavy atom. The zero-order valence-electron chi connectivity index (χ0n) is 8.11. The lowest BCUT2D eigenvalue weighted by molar-refractivity contribution is -0.0980. The van der Waals surface area contributed by atoms with E-state index < -0.39 is 22.6 Å². The first-order valence-electron chi connectivity index (χ1n) is 4.62. The Morgan fingerprint density at radius 3 is 2.29 bits per heavy atom. The van der Waals surface area contributed by atoms with Crippen molar-refractivity contribution in [1.82, 2.24) is 0 Å².